The molecule has 0 unspecified atom stereocenters. The van der Waals surface area contributed by atoms with Crippen molar-refractivity contribution in [3.8, 4) is 0 Å². The summed E-state index contributed by atoms with van der Waals surface area (Å²) in [6.07, 6.45) is 7.19. The molecule has 0 bridgehead atoms. The summed E-state index contributed by atoms with van der Waals surface area (Å²) >= 11 is 0. The van der Waals surface area contributed by atoms with Gasteiger partial charge in [-0.1, -0.05) is 0 Å². The summed E-state index contributed by atoms with van der Waals surface area (Å²) in [5, 5.41) is 0. The van der Waals surface area contributed by atoms with Gasteiger partial charge >= 0.3 is 0 Å². The molecule has 0 spiro atoms. The van der Waals surface area contributed by atoms with Gasteiger partial charge in [-0.25, -0.2) is 0 Å². The zero-order valence-corrected chi connectivity index (χ0v) is 9.70. The van der Waals surface area contributed by atoms with Crippen LogP contribution in [0, 0.1) is 0 Å². The Morgan fingerprint density at radius 1 is 1.06 bits per heavy atom. The van der Waals surface area contributed by atoms with Crippen LogP contribution in [-0.4, -0.2) is 15.8 Å². The maximum absolute atomic E-state index is 11.8. The van der Waals surface area contributed by atoms with Crippen LogP contribution in [0.2, 0.25) is 0 Å². The second-order valence-corrected chi connectivity index (χ2v) is 4.82. The Morgan fingerprint density at radius 3 is 2.18 bits per heavy atom. The van der Waals surface area contributed by atoms with E-state index in [0.717, 1.165) is 30.7 Å². The van der Waals surface area contributed by atoms with E-state index in [1.807, 2.05) is 24.5 Å². The van der Waals surface area contributed by atoms with Gasteiger partial charge in [0.15, 0.2) is 0 Å². The monoisotopic (exact) mass is 228 g/mol. The molecule has 88 valence electrons. The van der Waals surface area contributed by atoms with Crippen molar-refractivity contribution < 1.29 is 4.79 Å². The molecule has 2 aromatic rings. The highest BCUT2D eigenvalue weighted by Gasteiger charge is 2.40. The van der Waals surface area contributed by atoms with Crippen LogP contribution in [0.5, 0.6) is 0 Å². The number of hydrogen-bond donors (Lipinski definition) is 2. The molecular weight excluding hydrogens is 212 g/mol. The maximum atomic E-state index is 11.8. The van der Waals surface area contributed by atoms with E-state index in [-0.39, 0.29) is 5.41 Å². The van der Waals surface area contributed by atoms with Crippen molar-refractivity contribution in [1.29, 1.82) is 0 Å². The molecule has 1 saturated carbocycles. The summed E-state index contributed by atoms with van der Waals surface area (Å²) in [5.41, 5.74) is 2.13. The first-order valence-electron chi connectivity index (χ1n) is 6.11. The minimum Gasteiger partial charge on any atom is -0.364 e. The molecule has 3 heteroatoms. The predicted octanol–water partition coefficient (Wildman–Crippen LogP) is 2.77. The van der Waals surface area contributed by atoms with Crippen molar-refractivity contribution in [2.45, 2.75) is 31.1 Å². The third kappa shape index (κ3) is 1.62. The number of hydrogen-bond acceptors (Lipinski definition) is 1. The van der Waals surface area contributed by atoms with Gasteiger partial charge in [0.05, 0.1) is 5.41 Å². The molecule has 17 heavy (non-hydrogen) atoms. The Bertz CT molecular complexity index is 462. The van der Waals surface area contributed by atoms with Crippen LogP contribution in [0.3, 0.4) is 0 Å². The van der Waals surface area contributed by atoms with Crippen molar-refractivity contribution in [2.24, 2.45) is 0 Å². The maximum Gasteiger partial charge on any atom is 0.134 e. The highest BCUT2D eigenvalue weighted by Crippen LogP contribution is 2.42. The van der Waals surface area contributed by atoms with E-state index in [2.05, 4.69) is 22.1 Å². The van der Waals surface area contributed by atoms with Crippen molar-refractivity contribution in [1.82, 2.24) is 9.97 Å². The quantitative estimate of drug-likeness (QED) is 0.815. The summed E-state index contributed by atoms with van der Waals surface area (Å²) in [7, 11) is 0. The second-order valence-electron chi connectivity index (χ2n) is 4.82. The van der Waals surface area contributed by atoms with Gasteiger partial charge in [0.2, 0.25) is 0 Å². The normalized spacial score (nSPS) is 19.4. The van der Waals surface area contributed by atoms with Gasteiger partial charge in [-0.05, 0) is 37.1 Å². The molecule has 3 rings (SSSR count). The van der Waals surface area contributed by atoms with Gasteiger partial charge in [0.25, 0.3) is 0 Å². The first-order valence-corrected chi connectivity index (χ1v) is 6.11. The van der Waals surface area contributed by atoms with Gasteiger partial charge < -0.3 is 9.97 Å². The lowest BCUT2D eigenvalue weighted by Crippen LogP contribution is -2.35. The molecular formula is C14H16N2O. The third-order valence-corrected chi connectivity index (χ3v) is 3.79. The van der Waals surface area contributed by atoms with Gasteiger partial charge in [-0.3, -0.25) is 4.79 Å². The summed E-state index contributed by atoms with van der Waals surface area (Å²) in [6, 6.07) is 8.16. The van der Waals surface area contributed by atoms with Crippen LogP contribution >= 0.6 is 0 Å². The molecule has 0 amide bonds. The predicted molar refractivity (Wildman–Crippen MR) is 65.8 cm³/mol. The van der Waals surface area contributed by atoms with Crippen LogP contribution in [0.15, 0.2) is 36.7 Å². The summed E-state index contributed by atoms with van der Waals surface area (Å²) < 4.78 is 0. The molecule has 0 aromatic carbocycles. The van der Waals surface area contributed by atoms with Crippen molar-refractivity contribution in [3.05, 3.63) is 48.0 Å². The minimum atomic E-state index is -0.164. The summed E-state index contributed by atoms with van der Waals surface area (Å²) in [6.45, 7) is 0. The lowest BCUT2D eigenvalue weighted by molar-refractivity contribution is -0.121. The van der Waals surface area contributed by atoms with Crippen molar-refractivity contribution >= 4 is 5.78 Å². The molecule has 0 atom stereocenters. The number of aromatic amines is 2. The van der Waals surface area contributed by atoms with E-state index >= 15 is 0 Å². The summed E-state index contributed by atoms with van der Waals surface area (Å²) in [5.74, 6) is 0.362. The Morgan fingerprint density at radius 2 is 1.71 bits per heavy atom. The fraction of sp³-hybridized carbons (Fsp3) is 0.357. The number of aromatic nitrogens is 2. The third-order valence-electron chi connectivity index (χ3n) is 3.79. The highest BCUT2D eigenvalue weighted by molar-refractivity contribution is 5.81. The second kappa shape index (κ2) is 3.91. The van der Waals surface area contributed by atoms with E-state index in [1.165, 1.54) is 0 Å². The topological polar surface area (TPSA) is 48.6 Å². The van der Waals surface area contributed by atoms with Crippen LogP contribution in [0.25, 0.3) is 0 Å². The van der Waals surface area contributed by atoms with Crippen molar-refractivity contribution in [3.63, 3.8) is 0 Å². The Balaban J connectivity index is 2.10. The molecule has 1 fully saturated rings. The van der Waals surface area contributed by atoms with E-state index < -0.39 is 0 Å². The lowest BCUT2D eigenvalue weighted by atomic mass is 9.69. The molecule has 2 heterocycles. The van der Waals surface area contributed by atoms with Crippen LogP contribution in [-0.2, 0) is 10.2 Å². The Labute approximate surface area is 100 Å². The molecule has 3 nitrogen and oxygen atoms in total. The van der Waals surface area contributed by atoms with Crippen LogP contribution in [0.1, 0.15) is 37.1 Å². The number of Topliss-reactive ketones (excluding diaryl/α,β-unsaturated/α-hetero) is 1. The molecule has 1 aliphatic carbocycles. The fourth-order valence-electron chi connectivity index (χ4n) is 2.96. The van der Waals surface area contributed by atoms with Crippen LogP contribution in [0.4, 0.5) is 0 Å². The minimum absolute atomic E-state index is 0.164. The highest BCUT2D eigenvalue weighted by atomic mass is 16.1. The zero-order valence-electron chi connectivity index (χ0n) is 9.70. The molecule has 0 saturated heterocycles. The number of carbonyl (C=O) groups excluding carboxylic acids is 1. The molecule has 0 aliphatic heterocycles. The zero-order chi connectivity index (χ0) is 11.7. The first-order chi connectivity index (χ1) is 8.31. The standard InChI is InChI=1S/C14H16N2O/c17-11-4-1-7-14(10-11,12-5-2-8-15-12)13-6-3-9-16-13/h2-3,5-6,8-9,15-16H,1,4,7,10H2. The van der Waals surface area contributed by atoms with E-state index in [1.54, 1.807) is 0 Å². The van der Waals surface area contributed by atoms with Gasteiger partial charge in [0, 0.05) is 36.6 Å². The molecule has 2 aromatic heterocycles. The fourth-order valence-corrected chi connectivity index (χ4v) is 2.96. The lowest BCUT2D eigenvalue weighted by Gasteiger charge is -2.35. The number of rotatable bonds is 2. The van der Waals surface area contributed by atoms with Gasteiger partial charge in [0.1, 0.15) is 5.78 Å². The first kappa shape index (κ1) is 10.4. The molecule has 2 N–H and O–H groups in total. The SMILES string of the molecule is O=C1CCCC(c2ccc[nH]2)(c2ccc[nH]2)C1. The smallest absolute Gasteiger partial charge is 0.134 e. The molecule has 1 aliphatic rings. The number of nitrogens with one attached hydrogen (secondary N) is 2. The average Bonchev–Trinajstić information content (AvgIpc) is 3.03. The Kier molecular flexibility index (Phi) is 2.39. The number of H-pyrrole nitrogens is 2. The molecule has 0 radical (unpaired) electrons. The van der Waals surface area contributed by atoms with E-state index in [0.29, 0.717) is 12.2 Å². The Hall–Kier alpha value is -1.77. The van der Waals surface area contributed by atoms with Crippen LogP contribution < -0.4 is 0 Å². The average molecular weight is 228 g/mol. The number of carbonyl (C=O) groups is 1. The van der Waals surface area contributed by atoms with E-state index in [9.17, 15) is 4.79 Å². The number of ketones is 1. The van der Waals surface area contributed by atoms with Gasteiger partial charge in [-0.15, -0.1) is 0 Å². The van der Waals surface area contributed by atoms with E-state index in [4.69, 9.17) is 0 Å². The van der Waals surface area contributed by atoms with Crippen molar-refractivity contribution in [2.75, 3.05) is 0 Å². The summed E-state index contributed by atoms with van der Waals surface area (Å²) in [4.78, 5) is 18.4. The van der Waals surface area contributed by atoms with Gasteiger partial charge in [-0.2, -0.15) is 0 Å². The largest absolute Gasteiger partial charge is 0.364 e.